The molecule has 0 unspecified atom stereocenters. The second-order valence-electron chi connectivity index (χ2n) is 5.42. The van der Waals surface area contributed by atoms with E-state index in [1.165, 1.54) is 0 Å². The number of allylic oxidation sites excluding steroid dienone is 2. The normalized spacial score (nSPS) is 10.7. The largest absolute Gasteiger partial charge is 0.337 e. The van der Waals surface area contributed by atoms with Gasteiger partial charge in [0.25, 0.3) is 0 Å². The molecule has 4 nitrogen and oxygen atoms in total. The van der Waals surface area contributed by atoms with Crippen molar-refractivity contribution in [1.29, 1.82) is 0 Å². The summed E-state index contributed by atoms with van der Waals surface area (Å²) >= 11 is 6.50. The highest BCUT2D eigenvalue weighted by Gasteiger charge is 2.17. The molecule has 2 N–H and O–H groups in total. The minimum atomic E-state index is 0.390. The highest BCUT2D eigenvalue weighted by Crippen LogP contribution is 2.41. The molecule has 0 amide bonds. The zero-order valence-corrected chi connectivity index (χ0v) is 17.9. The summed E-state index contributed by atoms with van der Waals surface area (Å²) in [6.07, 6.45) is 4.00. The second-order valence-corrected chi connectivity index (χ2v) is 6.83. The van der Waals surface area contributed by atoms with Crippen LogP contribution in [0.15, 0.2) is 46.3 Å². The molecule has 2 aromatic rings. The van der Waals surface area contributed by atoms with Crippen molar-refractivity contribution in [2.75, 3.05) is 5.32 Å². The second kappa shape index (κ2) is 13.6. The maximum atomic E-state index is 4.92. The fourth-order valence-corrected chi connectivity index (χ4v) is 2.37. The van der Waals surface area contributed by atoms with Gasteiger partial charge < -0.3 is 5.32 Å². The van der Waals surface area contributed by atoms with Crippen LogP contribution >= 0.6 is 24.0 Å². The van der Waals surface area contributed by atoms with Crippen LogP contribution in [0.5, 0.6) is 0 Å². The lowest BCUT2D eigenvalue weighted by molar-refractivity contribution is 0.737. The third kappa shape index (κ3) is 9.41. The Morgan fingerprint density at radius 3 is 2.20 bits per heavy atom. The third-order valence-electron chi connectivity index (χ3n) is 2.35. The van der Waals surface area contributed by atoms with E-state index in [0.29, 0.717) is 4.77 Å². The average Bonchev–Trinajstić information content (AvgIpc) is 2.61. The molecule has 0 fully saturated rings. The molecule has 0 radical (unpaired) electrons. The Hall–Kier alpha value is -1.66. The van der Waals surface area contributed by atoms with E-state index in [9.17, 15) is 0 Å². The van der Waals surface area contributed by atoms with Gasteiger partial charge in [-0.3, -0.25) is 5.10 Å². The van der Waals surface area contributed by atoms with Crippen LogP contribution in [0.3, 0.4) is 0 Å². The van der Waals surface area contributed by atoms with Gasteiger partial charge >= 0.3 is 0 Å². The number of hydrogen-bond acceptors (Lipinski definition) is 5. The van der Waals surface area contributed by atoms with Gasteiger partial charge in [0.1, 0.15) is 0 Å². The fourth-order valence-electron chi connectivity index (χ4n) is 1.37. The number of para-hydroxylation sites is 1. The smallest absolute Gasteiger partial charge is 0.215 e. The van der Waals surface area contributed by atoms with E-state index in [0.717, 1.165) is 27.3 Å². The molecule has 1 aromatic heterocycles. The zero-order valence-electron chi connectivity index (χ0n) is 16.3. The average molecular weight is 379 g/mol. The van der Waals surface area contributed by atoms with E-state index in [1.807, 2.05) is 64.1 Å². The molecule has 1 aliphatic rings. The van der Waals surface area contributed by atoms with Crippen LogP contribution in [-0.2, 0) is 0 Å². The van der Waals surface area contributed by atoms with Crippen molar-refractivity contribution in [2.24, 2.45) is 5.92 Å². The SMILES string of the molecule is C/C=C\C.CC.CC(C)C.S=c1nc2c(n[nH]1)Sc1ccccc1N2. The predicted molar refractivity (Wildman–Crippen MR) is 113 cm³/mol. The number of H-pyrrole nitrogens is 1. The van der Waals surface area contributed by atoms with Gasteiger partial charge in [-0.25, -0.2) is 0 Å². The van der Waals surface area contributed by atoms with Crippen molar-refractivity contribution in [3.05, 3.63) is 41.2 Å². The minimum absolute atomic E-state index is 0.390. The molecule has 138 valence electrons. The van der Waals surface area contributed by atoms with Crippen molar-refractivity contribution in [3.8, 4) is 0 Å². The van der Waals surface area contributed by atoms with Gasteiger partial charge in [0, 0.05) is 4.90 Å². The van der Waals surface area contributed by atoms with Gasteiger partial charge in [-0.15, -0.1) is 0 Å². The van der Waals surface area contributed by atoms with Crippen molar-refractivity contribution in [2.45, 2.75) is 58.4 Å². The first kappa shape index (κ1) is 23.3. The summed E-state index contributed by atoms with van der Waals surface area (Å²) in [4.78, 5) is 5.32. The predicted octanol–water partition coefficient (Wildman–Crippen LogP) is 7.01. The Kier molecular flexibility index (Phi) is 12.7. The Morgan fingerprint density at radius 1 is 1.08 bits per heavy atom. The molecule has 0 atom stereocenters. The molecule has 0 saturated carbocycles. The summed E-state index contributed by atoms with van der Waals surface area (Å²) in [7, 11) is 0. The van der Waals surface area contributed by atoms with Crippen LogP contribution in [0.4, 0.5) is 11.5 Å². The zero-order chi connectivity index (χ0) is 19.2. The summed E-state index contributed by atoms with van der Waals surface area (Å²) in [6.45, 7) is 14.5. The lowest BCUT2D eigenvalue weighted by Gasteiger charge is -2.17. The summed E-state index contributed by atoms with van der Waals surface area (Å²) in [6, 6.07) is 8.03. The van der Waals surface area contributed by atoms with Crippen LogP contribution in [0.2, 0.25) is 0 Å². The number of rotatable bonds is 0. The first-order chi connectivity index (χ1) is 12.0. The van der Waals surface area contributed by atoms with E-state index in [1.54, 1.807) is 11.8 Å². The van der Waals surface area contributed by atoms with E-state index in [-0.39, 0.29) is 0 Å². The number of nitrogens with one attached hydrogen (secondary N) is 2. The molecule has 25 heavy (non-hydrogen) atoms. The molecular formula is C19H30N4S2. The molecular weight excluding hydrogens is 348 g/mol. The molecule has 0 saturated heterocycles. The molecule has 3 rings (SSSR count). The first-order valence-electron chi connectivity index (χ1n) is 8.55. The minimum Gasteiger partial charge on any atom is -0.337 e. The van der Waals surface area contributed by atoms with Gasteiger partial charge in [0.15, 0.2) is 10.8 Å². The van der Waals surface area contributed by atoms with Crippen molar-refractivity contribution < 1.29 is 0 Å². The molecule has 6 heteroatoms. The molecule has 2 heterocycles. The van der Waals surface area contributed by atoms with E-state index < -0.39 is 0 Å². The number of nitrogens with zero attached hydrogens (tertiary/aromatic N) is 2. The molecule has 0 bridgehead atoms. The first-order valence-corrected chi connectivity index (χ1v) is 9.78. The summed E-state index contributed by atoms with van der Waals surface area (Å²) < 4.78 is 0.390. The summed E-state index contributed by atoms with van der Waals surface area (Å²) in [5, 5.41) is 10.8. The van der Waals surface area contributed by atoms with Crippen LogP contribution in [-0.4, -0.2) is 15.2 Å². The monoisotopic (exact) mass is 378 g/mol. The number of aromatic amines is 1. The highest BCUT2D eigenvalue weighted by molar-refractivity contribution is 7.99. The summed E-state index contributed by atoms with van der Waals surface area (Å²) in [5.41, 5.74) is 1.05. The van der Waals surface area contributed by atoms with Crippen molar-refractivity contribution >= 4 is 35.5 Å². The van der Waals surface area contributed by atoms with Crippen molar-refractivity contribution in [3.63, 3.8) is 0 Å². The number of hydrogen-bond donors (Lipinski definition) is 2. The van der Waals surface area contributed by atoms with Gasteiger partial charge in [0.05, 0.1) is 5.69 Å². The van der Waals surface area contributed by atoms with E-state index in [4.69, 9.17) is 12.2 Å². The Bertz CT molecular complexity index is 687. The quantitative estimate of drug-likeness (QED) is 0.325. The van der Waals surface area contributed by atoms with E-state index in [2.05, 4.69) is 41.3 Å². The lowest BCUT2D eigenvalue weighted by Crippen LogP contribution is -2.05. The summed E-state index contributed by atoms with van der Waals surface area (Å²) in [5.74, 6) is 1.56. The van der Waals surface area contributed by atoms with E-state index >= 15 is 0 Å². The lowest BCUT2D eigenvalue weighted by atomic mass is 10.3. The van der Waals surface area contributed by atoms with Crippen LogP contribution in [0.25, 0.3) is 0 Å². The number of aromatic nitrogens is 3. The van der Waals surface area contributed by atoms with Crippen LogP contribution in [0.1, 0.15) is 48.5 Å². The maximum Gasteiger partial charge on any atom is 0.215 e. The number of benzene rings is 1. The Labute approximate surface area is 161 Å². The number of anilines is 2. The Morgan fingerprint density at radius 2 is 1.64 bits per heavy atom. The third-order valence-corrected chi connectivity index (χ3v) is 3.59. The van der Waals surface area contributed by atoms with Gasteiger partial charge in [0.2, 0.25) is 4.77 Å². The molecule has 1 aromatic carbocycles. The highest BCUT2D eigenvalue weighted by atomic mass is 32.2. The van der Waals surface area contributed by atoms with Crippen molar-refractivity contribution in [1.82, 2.24) is 15.2 Å². The topological polar surface area (TPSA) is 53.6 Å². The molecule has 0 spiro atoms. The molecule has 1 aliphatic heterocycles. The van der Waals surface area contributed by atoms with Crippen LogP contribution in [0, 0.1) is 10.7 Å². The van der Waals surface area contributed by atoms with Crippen LogP contribution < -0.4 is 5.32 Å². The fraction of sp³-hybridized carbons (Fsp3) is 0.421. The Balaban J connectivity index is 0.000000487. The van der Waals surface area contributed by atoms with Gasteiger partial charge in [-0.2, -0.15) is 10.1 Å². The molecule has 0 aliphatic carbocycles. The number of fused-ring (bicyclic) bond motifs is 2. The van der Waals surface area contributed by atoms with Gasteiger partial charge in [-0.1, -0.05) is 70.7 Å². The maximum absolute atomic E-state index is 4.92. The van der Waals surface area contributed by atoms with Gasteiger partial charge in [-0.05, 0) is 44.1 Å². The standard InChI is InChI=1S/C9H6N4S2.C4H10.C4H8.C2H6/c14-9-11-7-8(12-13-9)15-6-4-2-1-3-5(6)10-7;1-4(2)3;1-3-4-2;1-2/h1-4H,(H2,10,11,13,14);4H,1-3H3;3-4H,1-2H3;1-2H3/b;;4-3-;.